The van der Waals surface area contributed by atoms with Crippen molar-refractivity contribution >= 4 is 23.0 Å². The van der Waals surface area contributed by atoms with E-state index in [1.165, 1.54) is 48.8 Å². The molecule has 2 heteroatoms. The first kappa shape index (κ1) is 12.2. The highest BCUT2D eigenvalue weighted by atomic mass is 127. The standard InChI is InChI=1S/C14H19IO/c1-10(2)12-8-14(6-4-5-7-14)9-13(12)11(3)16-15/h1,3-9H2,2H3. The van der Waals surface area contributed by atoms with E-state index >= 15 is 0 Å². The van der Waals surface area contributed by atoms with Crippen LogP contribution in [0.15, 0.2) is 35.6 Å². The van der Waals surface area contributed by atoms with Crippen molar-refractivity contribution in [2.45, 2.75) is 45.4 Å². The Labute approximate surface area is 112 Å². The first-order chi connectivity index (χ1) is 7.58. The Bertz CT molecular complexity index is 359. The second-order valence-corrected chi connectivity index (χ2v) is 5.74. The summed E-state index contributed by atoms with van der Waals surface area (Å²) in [7, 11) is 0. The molecule has 1 nitrogen and oxygen atoms in total. The molecule has 1 saturated carbocycles. The highest BCUT2D eigenvalue weighted by molar-refractivity contribution is 14.1. The van der Waals surface area contributed by atoms with Crippen LogP contribution in [0.2, 0.25) is 0 Å². The zero-order chi connectivity index (χ0) is 11.8. The molecule has 0 bridgehead atoms. The molecule has 0 amide bonds. The lowest BCUT2D eigenvalue weighted by atomic mass is 9.82. The zero-order valence-corrected chi connectivity index (χ0v) is 12.1. The molecule has 2 rings (SSSR count). The van der Waals surface area contributed by atoms with Crippen molar-refractivity contribution in [2.75, 3.05) is 0 Å². The van der Waals surface area contributed by atoms with Crippen molar-refractivity contribution in [3.8, 4) is 0 Å². The first-order valence-corrected chi connectivity index (χ1v) is 6.82. The summed E-state index contributed by atoms with van der Waals surface area (Å²) in [5.41, 5.74) is 4.43. The summed E-state index contributed by atoms with van der Waals surface area (Å²) >= 11 is 1.92. The Morgan fingerprint density at radius 1 is 1.19 bits per heavy atom. The van der Waals surface area contributed by atoms with Gasteiger partial charge in [-0.25, -0.2) is 0 Å². The molecule has 0 unspecified atom stereocenters. The van der Waals surface area contributed by atoms with Crippen molar-refractivity contribution in [2.24, 2.45) is 5.41 Å². The molecule has 88 valence electrons. The number of hydrogen-bond donors (Lipinski definition) is 0. The fraction of sp³-hybridized carbons (Fsp3) is 0.571. The van der Waals surface area contributed by atoms with Crippen LogP contribution in [-0.2, 0) is 3.07 Å². The van der Waals surface area contributed by atoms with Gasteiger partial charge in [0.15, 0.2) is 23.0 Å². The molecule has 0 aromatic heterocycles. The summed E-state index contributed by atoms with van der Waals surface area (Å²) in [5, 5.41) is 0. The van der Waals surface area contributed by atoms with Gasteiger partial charge in [-0.05, 0) is 49.2 Å². The van der Waals surface area contributed by atoms with Gasteiger partial charge in [0.25, 0.3) is 0 Å². The monoisotopic (exact) mass is 330 g/mol. The van der Waals surface area contributed by atoms with E-state index in [4.69, 9.17) is 3.07 Å². The van der Waals surface area contributed by atoms with Crippen LogP contribution in [0.5, 0.6) is 0 Å². The third kappa shape index (κ3) is 2.08. The summed E-state index contributed by atoms with van der Waals surface area (Å²) in [6, 6.07) is 0. The van der Waals surface area contributed by atoms with E-state index in [0.717, 1.165) is 12.2 Å². The average Bonchev–Trinajstić information content (AvgIpc) is 2.86. The molecule has 0 atom stereocenters. The summed E-state index contributed by atoms with van der Waals surface area (Å²) in [5.74, 6) is 0.836. The lowest BCUT2D eigenvalue weighted by Gasteiger charge is -2.23. The average molecular weight is 330 g/mol. The Morgan fingerprint density at radius 3 is 2.25 bits per heavy atom. The Balaban J connectivity index is 2.26. The van der Waals surface area contributed by atoms with Crippen LogP contribution in [0.4, 0.5) is 0 Å². The van der Waals surface area contributed by atoms with Crippen molar-refractivity contribution in [1.82, 2.24) is 0 Å². The molecular formula is C14H19IO. The highest BCUT2D eigenvalue weighted by Crippen LogP contribution is 2.55. The molecule has 0 aromatic rings. The number of allylic oxidation sites excluding steroid dienone is 3. The second-order valence-electron chi connectivity index (χ2n) is 5.30. The molecule has 0 aromatic carbocycles. The topological polar surface area (TPSA) is 9.23 Å². The molecule has 2 aliphatic carbocycles. The summed E-state index contributed by atoms with van der Waals surface area (Å²) in [6.45, 7) is 10.2. The zero-order valence-electron chi connectivity index (χ0n) is 9.94. The maximum absolute atomic E-state index is 5.29. The van der Waals surface area contributed by atoms with Gasteiger partial charge >= 0.3 is 0 Å². The van der Waals surface area contributed by atoms with Crippen LogP contribution in [0.25, 0.3) is 0 Å². The van der Waals surface area contributed by atoms with Crippen molar-refractivity contribution in [3.05, 3.63) is 35.6 Å². The first-order valence-electron chi connectivity index (χ1n) is 5.94. The fourth-order valence-electron chi connectivity index (χ4n) is 3.23. The van der Waals surface area contributed by atoms with Crippen molar-refractivity contribution in [3.63, 3.8) is 0 Å². The maximum atomic E-state index is 5.29. The van der Waals surface area contributed by atoms with Crippen LogP contribution in [0, 0.1) is 5.41 Å². The predicted octanol–water partition coefficient (Wildman–Crippen LogP) is 5.09. The molecule has 16 heavy (non-hydrogen) atoms. The molecule has 0 radical (unpaired) electrons. The van der Waals surface area contributed by atoms with E-state index in [1.54, 1.807) is 0 Å². The molecule has 0 aliphatic heterocycles. The van der Waals surface area contributed by atoms with Gasteiger partial charge in [0.05, 0.1) is 0 Å². The van der Waals surface area contributed by atoms with Gasteiger partial charge in [-0.3, -0.25) is 0 Å². The van der Waals surface area contributed by atoms with E-state index in [2.05, 4.69) is 20.1 Å². The van der Waals surface area contributed by atoms with Gasteiger partial charge in [-0.15, -0.1) is 0 Å². The number of halogens is 1. The number of hydrogen-bond acceptors (Lipinski definition) is 1. The molecule has 1 spiro atoms. The van der Waals surface area contributed by atoms with Crippen LogP contribution < -0.4 is 0 Å². The Hall–Kier alpha value is -0.250. The van der Waals surface area contributed by atoms with Crippen LogP contribution in [0.3, 0.4) is 0 Å². The SMILES string of the molecule is C=C(C)C1=C(C(=C)OI)CC2(CCCC2)C1. The van der Waals surface area contributed by atoms with Gasteiger partial charge < -0.3 is 3.07 Å². The predicted molar refractivity (Wildman–Crippen MR) is 76.2 cm³/mol. The summed E-state index contributed by atoms with van der Waals surface area (Å²) < 4.78 is 5.29. The fourth-order valence-corrected chi connectivity index (χ4v) is 3.49. The quantitative estimate of drug-likeness (QED) is 0.517. The van der Waals surface area contributed by atoms with E-state index in [9.17, 15) is 0 Å². The van der Waals surface area contributed by atoms with Gasteiger partial charge in [-0.2, -0.15) is 0 Å². The van der Waals surface area contributed by atoms with Gasteiger partial charge in [0.1, 0.15) is 5.76 Å². The van der Waals surface area contributed by atoms with Crippen LogP contribution >= 0.6 is 23.0 Å². The molecule has 0 saturated heterocycles. The Kier molecular flexibility index (Phi) is 3.48. The Morgan fingerprint density at radius 2 is 1.75 bits per heavy atom. The maximum Gasteiger partial charge on any atom is 0.192 e. The van der Waals surface area contributed by atoms with E-state index < -0.39 is 0 Å². The molecule has 1 fully saturated rings. The summed E-state index contributed by atoms with van der Waals surface area (Å²) in [4.78, 5) is 0. The summed E-state index contributed by atoms with van der Waals surface area (Å²) in [6.07, 6.45) is 7.83. The normalized spacial score (nSPS) is 22.9. The minimum atomic E-state index is 0.516. The van der Waals surface area contributed by atoms with Crippen LogP contribution in [0.1, 0.15) is 45.4 Å². The van der Waals surface area contributed by atoms with E-state index in [1.807, 2.05) is 23.0 Å². The van der Waals surface area contributed by atoms with E-state index in [-0.39, 0.29) is 0 Å². The lowest BCUT2D eigenvalue weighted by molar-refractivity contribution is 0.314. The smallest absolute Gasteiger partial charge is 0.192 e. The van der Waals surface area contributed by atoms with Gasteiger partial charge in [0, 0.05) is 0 Å². The van der Waals surface area contributed by atoms with Crippen molar-refractivity contribution < 1.29 is 3.07 Å². The second kappa shape index (κ2) is 4.55. The third-order valence-corrected chi connectivity index (χ3v) is 4.61. The van der Waals surface area contributed by atoms with Crippen LogP contribution in [-0.4, -0.2) is 0 Å². The molecule has 0 heterocycles. The van der Waals surface area contributed by atoms with Gasteiger partial charge in [-0.1, -0.05) is 31.6 Å². The lowest BCUT2D eigenvalue weighted by Crippen LogP contribution is -2.12. The number of rotatable bonds is 3. The minimum Gasteiger partial charge on any atom is -0.428 e. The van der Waals surface area contributed by atoms with Gasteiger partial charge in [0.2, 0.25) is 0 Å². The third-order valence-electron chi connectivity index (χ3n) is 4.08. The molecule has 0 N–H and O–H groups in total. The largest absolute Gasteiger partial charge is 0.428 e. The minimum absolute atomic E-state index is 0.516. The molecule has 2 aliphatic rings. The molecular weight excluding hydrogens is 311 g/mol. The highest BCUT2D eigenvalue weighted by Gasteiger charge is 2.41. The van der Waals surface area contributed by atoms with E-state index in [0.29, 0.717) is 5.41 Å². The van der Waals surface area contributed by atoms with Crippen molar-refractivity contribution in [1.29, 1.82) is 0 Å².